The molecule has 0 aromatic heterocycles. The highest BCUT2D eigenvalue weighted by Gasteiger charge is 2.53. The molecule has 130 valence electrons. The molecule has 1 aliphatic rings. The van der Waals surface area contributed by atoms with Crippen LogP contribution in [-0.4, -0.2) is 27.9 Å². The minimum atomic E-state index is -4.76. The monoisotopic (exact) mass is 368 g/mol. The number of amides is 1. The zero-order valence-electron chi connectivity index (χ0n) is 12.7. The summed E-state index contributed by atoms with van der Waals surface area (Å²) < 4.78 is 39.4. The fourth-order valence-electron chi connectivity index (χ4n) is 2.56. The van der Waals surface area contributed by atoms with Crippen LogP contribution >= 0.6 is 11.6 Å². The SMILES string of the molecule is O=C(c1ccccc1)N1N=C(C(F)(F)F)CC1(O)c1ccc(Cl)cc1. The van der Waals surface area contributed by atoms with Crippen molar-refractivity contribution in [2.75, 3.05) is 0 Å². The third-order valence-electron chi connectivity index (χ3n) is 3.83. The lowest BCUT2D eigenvalue weighted by atomic mass is 9.96. The number of aliphatic hydroxyl groups is 1. The average Bonchev–Trinajstić information content (AvgIpc) is 2.94. The Hall–Kier alpha value is -2.38. The van der Waals surface area contributed by atoms with Gasteiger partial charge >= 0.3 is 6.18 Å². The lowest BCUT2D eigenvalue weighted by Gasteiger charge is -2.31. The van der Waals surface area contributed by atoms with Gasteiger partial charge in [-0.25, -0.2) is 0 Å². The van der Waals surface area contributed by atoms with E-state index in [1.807, 2.05) is 0 Å². The number of carbonyl (C=O) groups is 1. The molecular weight excluding hydrogens is 357 g/mol. The molecule has 1 heterocycles. The van der Waals surface area contributed by atoms with E-state index in [-0.39, 0.29) is 11.1 Å². The minimum Gasteiger partial charge on any atom is -0.365 e. The third kappa shape index (κ3) is 3.25. The van der Waals surface area contributed by atoms with E-state index in [4.69, 9.17) is 11.6 Å². The van der Waals surface area contributed by atoms with Crippen LogP contribution in [0.25, 0.3) is 0 Å². The number of rotatable bonds is 2. The summed E-state index contributed by atoms with van der Waals surface area (Å²) >= 11 is 5.79. The maximum Gasteiger partial charge on any atom is 0.431 e. The second-order valence-electron chi connectivity index (χ2n) is 5.53. The topological polar surface area (TPSA) is 52.9 Å². The number of nitrogens with zero attached hydrogens (tertiary/aromatic N) is 2. The summed E-state index contributed by atoms with van der Waals surface area (Å²) in [5.74, 6) is -0.836. The van der Waals surface area contributed by atoms with E-state index in [9.17, 15) is 23.1 Å². The summed E-state index contributed by atoms with van der Waals surface area (Å²) in [5.41, 5.74) is -3.27. The molecule has 0 radical (unpaired) electrons. The molecule has 0 bridgehead atoms. The van der Waals surface area contributed by atoms with Crippen molar-refractivity contribution < 1.29 is 23.1 Å². The van der Waals surface area contributed by atoms with Crippen molar-refractivity contribution in [1.82, 2.24) is 5.01 Å². The molecule has 25 heavy (non-hydrogen) atoms. The van der Waals surface area contributed by atoms with Crippen molar-refractivity contribution >= 4 is 23.2 Å². The van der Waals surface area contributed by atoms with Crippen molar-refractivity contribution in [2.45, 2.75) is 18.3 Å². The molecule has 3 rings (SSSR count). The molecule has 0 aliphatic carbocycles. The van der Waals surface area contributed by atoms with Crippen LogP contribution in [-0.2, 0) is 5.72 Å². The summed E-state index contributed by atoms with van der Waals surface area (Å²) in [7, 11) is 0. The van der Waals surface area contributed by atoms with Crippen LogP contribution in [0, 0.1) is 0 Å². The first-order chi connectivity index (χ1) is 11.7. The first-order valence-corrected chi connectivity index (χ1v) is 7.62. The molecule has 1 N–H and O–H groups in total. The molecule has 4 nitrogen and oxygen atoms in total. The maximum atomic E-state index is 13.1. The van der Waals surface area contributed by atoms with Gasteiger partial charge in [0, 0.05) is 16.1 Å². The van der Waals surface area contributed by atoms with E-state index in [1.54, 1.807) is 18.2 Å². The van der Waals surface area contributed by atoms with Crippen LogP contribution in [0.4, 0.5) is 13.2 Å². The van der Waals surface area contributed by atoms with Gasteiger partial charge in [-0.2, -0.15) is 23.3 Å². The Morgan fingerprint density at radius 3 is 2.28 bits per heavy atom. The zero-order chi connectivity index (χ0) is 18.2. The number of alkyl halides is 3. The Balaban J connectivity index is 2.07. The largest absolute Gasteiger partial charge is 0.431 e. The fraction of sp³-hybridized carbons (Fsp3) is 0.176. The molecule has 1 amide bonds. The molecule has 2 aromatic carbocycles. The van der Waals surface area contributed by atoms with Gasteiger partial charge in [0.1, 0.15) is 5.71 Å². The summed E-state index contributed by atoms with van der Waals surface area (Å²) in [4.78, 5) is 12.6. The normalized spacial score (nSPS) is 20.5. The van der Waals surface area contributed by atoms with E-state index in [2.05, 4.69) is 5.10 Å². The van der Waals surface area contributed by atoms with Crippen LogP contribution in [0.1, 0.15) is 22.3 Å². The van der Waals surface area contributed by atoms with Gasteiger partial charge < -0.3 is 5.11 Å². The zero-order valence-corrected chi connectivity index (χ0v) is 13.4. The lowest BCUT2D eigenvalue weighted by molar-refractivity contribution is -0.0816. The molecule has 0 spiro atoms. The van der Waals surface area contributed by atoms with Crippen LogP contribution in [0.2, 0.25) is 5.02 Å². The molecule has 0 saturated heterocycles. The van der Waals surface area contributed by atoms with Crippen molar-refractivity contribution in [3.63, 3.8) is 0 Å². The molecule has 0 fully saturated rings. The van der Waals surface area contributed by atoms with Crippen LogP contribution in [0.15, 0.2) is 59.7 Å². The summed E-state index contributed by atoms with van der Waals surface area (Å²) in [5, 5.41) is 15.1. The lowest BCUT2D eigenvalue weighted by Crippen LogP contribution is -2.43. The Morgan fingerprint density at radius 1 is 1.12 bits per heavy atom. The van der Waals surface area contributed by atoms with Crippen LogP contribution in [0.5, 0.6) is 0 Å². The van der Waals surface area contributed by atoms with Crippen molar-refractivity contribution in [1.29, 1.82) is 0 Å². The van der Waals surface area contributed by atoms with Gasteiger partial charge in [-0.1, -0.05) is 41.9 Å². The van der Waals surface area contributed by atoms with E-state index in [0.717, 1.165) is 0 Å². The van der Waals surface area contributed by atoms with Crippen LogP contribution < -0.4 is 0 Å². The van der Waals surface area contributed by atoms with Gasteiger partial charge in [0.25, 0.3) is 5.91 Å². The Morgan fingerprint density at radius 2 is 1.72 bits per heavy atom. The van der Waals surface area contributed by atoms with Crippen molar-refractivity contribution in [3.05, 3.63) is 70.7 Å². The molecule has 8 heteroatoms. The molecule has 1 atom stereocenters. The third-order valence-corrected chi connectivity index (χ3v) is 4.08. The van der Waals surface area contributed by atoms with E-state index < -0.39 is 29.9 Å². The highest BCUT2D eigenvalue weighted by Crippen LogP contribution is 2.40. The highest BCUT2D eigenvalue weighted by molar-refractivity contribution is 6.30. The Bertz CT molecular complexity index is 822. The Kier molecular flexibility index (Phi) is 4.30. The van der Waals surface area contributed by atoms with Gasteiger partial charge in [0.15, 0.2) is 5.72 Å². The molecular formula is C17H12ClF3N2O2. The standard InChI is InChI=1S/C17H12ClF3N2O2/c18-13-8-6-12(7-9-13)16(25)10-14(17(19,20)21)22-23(16)15(24)11-4-2-1-3-5-11/h1-9,25H,10H2. The average molecular weight is 369 g/mol. The summed E-state index contributed by atoms with van der Waals surface area (Å²) in [6.07, 6.45) is -5.62. The smallest absolute Gasteiger partial charge is 0.365 e. The van der Waals surface area contributed by atoms with Gasteiger partial charge in [0.05, 0.1) is 6.42 Å². The number of benzene rings is 2. The molecule has 0 saturated carbocycles. The van der Waals surface area contributed by atoms with E-state index >= 15 is 0 Å². The van der Waals surface area contributed by atoms with Gasteiger partial charge in [-0.15, -0.1) is 0 Å². The maximum absolute atomic E-state index is 13.1. The van der Waals surface area contributed by atoms with Gasteiger partial charge in [-0.3, -0.25) is 4.79 Å². The van der Waals surface area contributed by atoms with E-state index in [1.165, 1.54) is 36.4 Å². The van der Waals surface area contributed by atoms with Gasteiger partial charge in [0.2, 0.25) is 0 Å². The van der Waals surface area contributed by atoms with Crippen molar-refractivity contribution in [2.24, 2.45) is 5.10 Å². The Labute approximate surface area is 146 Å². The number of hydrazone groups is 1. The van der Waals surface area contributed by atoms with Crippen molar-refractivity contribution in [3.8, 4) is 0 Å². The highest BCUT2D eigenvalue weighted by atomic mass is 35.5. The number of hydrogen-bond acceptors (Lipinski definition) is 3. The number of halogens is 4. The number of hydrogen-bond donors (Lipinski definition) is 1. The molecule has 1 unspecified atom stereocenters. The predicted molar refractivity (Wildman–Crippen MR) is 86.1 cm³/mol. The van der Waals surface area contributed by atoms with E-state index in [0.29, 0.717) is 10.0 Å². The fourth-order valence-corrected chi connectivity index (χ4v) is 2.69. The second-order valence-corrected chi connectivity index (χ2v) is 5.96. The predicted octanol–water partition coefficient (Wildman–Crippen LogP) is 3.95. The summed E-state index contributed by atoms with van der Waals surface area (Å²) in [6.45, 7) is 0. The first kappa shape index (κ1) is 17.4. The molecule has 1 aliphatic heterocycles. The second kappa shape index (κ2) is 6.16. The minimum absolute atomic E-state index is 0.0872. The van der Waals surface area contributed by atoms with Crippen LogP contribution in [0.3, 0.4) is 0 Å². The summed E-state index contributed by atoms with van der Waals surface area (Å²) in [6, 6.07) is 13.2. The first-order valence-electron chi connectivity index (χ1n) is 7.24. The molecule has 2 aromatic rings. The van der Waals surface area contributed by atoms with Gasteiger partial charge in [-0.05, 0) is 24.3 Å². The quantitative estimate of drug-likeness (QED) is 0.872. The number of carbonyl (C=O) groups excluding carboxylic acids is 1.